The van der Waals surface area contributed by atoms with Crippen LogP contribution in [0.1, 0.15) is 40.3 Å². The zero-order valence-electron chi connectivity index (χ0n) is 19.7. The third-order valence-electron chi connectivity index (χ3n) is 6.86. The Kier molecular flexibility index (Phi) is 6.62. The molecule has 0 radical (unpaired) electrons. The fourth-order valence-corrected chi connectivity index (χ4v) is 4.75. The van der Waals surface area contributed by atoms with E-state index in [1.54, 1.807) is 0 Å². The van der Waals surface area contributed by atoms with Gasteiger partial charge >= 0.3 is 0 Å². The number of amides is 1. The van der Waals surface area contributed by atoms with Crippen LogP contribution in [0.15, 0.2) is 18.2 Å². The number of hydrogen-bond donors (Lipinski definition) is 2. The second-order valence-corrected chi connectivity index (χ2v) is 9.14. The molecule has 1 aromatic heterocycles. The van der Waals surface area contributed by atoms with Gasteiger partial charge in [0.15, 0.2) is 11.5 Å². The van der Waals surface area contributed by atoms with Gasteiger partial charge in [-0.05, 0) is 64.4 Å². The molecule has 2 saturated heterocycles. The van der Waals surface area contributed by atoms with Crippen molar-refractivity contribution in [1.29, 1.82) is 0 Å². The molecule has 0 spiro atoms. The van der Waals surface area contributed by atoms with Crippen molar-refractivity contribution >= 4 is 23.1 Å². The van der Waals surface area contributed by atoms with Crippen LogP contribution in [0.3, 0.4) is 0 Å². The summed E-state index contributed by atoms with van der Waals surface area (Å²) >= 11 is 0. The first-order chi connectivity index (χ1) is 15.3. The monoisotopic (exact) mass is 437 g/mol. The molecule has 8 nitrogen and oxygen atoms in total. The lowest BCUT2D eigenvalue weighted by atomic mass is 10.0. The highest BCUT2D eigenvalue weighted by Crippen LogP contribution is 2.29. The van der Waals surface area contributed by atoms with Crippen LogP contribution in [-0.2, 0) is 0 Å². The van der Waals surface area contributed by atoms with E-state index in [2.05, 4.69) is 56.1 Å². The van der Waals surface area contributed by atoms with Crippen LogP contribution >= 0.6 is 0 Å². The largest absolute Gasteiger partial charge is 0.371 e. The minimum atomic E-state index is -0.584. The Morgan fingerprint density at radius 2 is 1.66 bits per heavy atom. The lowest BCUT2D eigenvalue weighted by Gasteiger charge is -2.43. The van der Waals surface area contributed by atoms with Gasteiger partial charge < -0.3 is 20.9 Å². The van der Waals surface area contributed by atoms with Crippen LogP contribution in [0.4, 0.5) is 17.2 Å². The second-order valence-electron chi connectivity index (χ2n) is 9.14. The van der Waals surface area contributed by atoms with Crippen molar-refractivity contribution < 1.29 is 4.79 Å². The number of nitrogens with one attached hydrogen (secondary N) is 1. The number of nitrogens with two attached hydrogens (primary N) is 1. The Morgan fingerprint density at radius 1 is 1.00 bits per heavy atom. The molecule has 2 aliphatic rings. The summed E-state index contributed by atoms with van der Waals surface area (Å²) in [7, 11) is 2.21. The molecule has 2 aromatic rings. The number of carbonyl (C=O) groups is 1. The number of piperazine rings is 1. The normalized spacial score (nSPS) is 18.7. The van der Waals surface area contributed by atoms with Gasteiger partial charge in [0.25, 0.3) is 5.91 Å². The van der Waals surface area contributed by atoms with Gasteiger partial charge in [0, 0.05) is 56.7 Å². The van der Waals surface area contributed by atoms with Crippen LogP contribution < -0.4 is 16.0 Å². The van der Waals surface area contributed by atoms with Crippen molar-refractivity contribution in [3.8, 4) is 0 Å². The summed E-state index contributed by atoms with van der Waals surface area (Å²) in [6.07, 6.45) is 2.42. The molecule has 0 unspecified atom stereocenters. The first kappa shape index (κ1) is 22.5. The smallest absolute Gasteiger partial charge is 0.271 e. The predicted octanol–water partition coefficient (Wildman–Crippen LogP) is 2.46. The molecule has 3 N–H and O–H groups in total. The molecule has 1 amide bonds. The summed E-state index contributed by atoms with van der Waals surface area (Å²) < 4.78 is 0. The maximum atomic E-state index is 11.8. The number of rotatable bonds is 5. The molecule has 2 fully saturated rings. The summed E-state index contributed by atoms with van der Waals surface area (Å²) in [5, 5.41) is 3.24. The number of hydrogen-bond acceptors (Lipinski definition) is 7. The zero-order chi connectivity index (χ0) is 22.8. The van der Waals surface area contributed by atoms with Crippen molar-refractivity contribution in [2.24, 2.45) is 5.73 Å². The first-order valence-electron chi connectivity index (χ1n) is 11.5. The third kappa shape index (κ3) is 4.86. The molecular formula is C24H35N7O. The van der Waals surface area contributed by atoms with E-state index in [0.717, 1.165) is 24.5 Å². The molecule has 8 heteroatoms. The Labute approximate surface area is 190 Å². The van der Waals surface area contributed by atoms with E-state index in [4.69, 9.17) is 5.73 Å². The van der Waals surface area contributed by atoms with Gasteiger partial charge in [-0.15, -0.1) is 0 Å². The van der Waals surface area contributed by atoms with E-state index < -0.39 is 5.91 Å². The van der Waals surface area contributed by atoms with Crippen molar-refractivity contribution in [1.82, 2.24) is 19.8 Å². The van der Waals surface area contributed by atoms with E-state index in [-0.39, 0.29) is 5.69 Å². The molecule has 172 valence electrons. The van der Waals surface area contributed by atoms with Gasteiger partial charge in [0.2, 0.25) is 0 Å². The van der Waals surface area contributed by atoms with Crippen molar-refractivity contribution in [3.63, 3.8) is 0 Å². The van der Waals surface area contributed by atoms with Gasteiger partial charge in [-0.3, -0.25) is 9.69 Å². The van der Waals surface area contributed by atoms with E-state index in [1.165, 1.54) is 50.3 Å². The quantitative estimate of drug-likeness (QED) is 0.742. The third-order valence-corrected chi connectivity index (χ3v) is 6.86. The lowest BCUT2D eigenvalue weighted by molar-refractivity contribution is 0.0982. The average molecular weight is 438 g/mol. The van der Waals surface area contributed by atoms with E-state index in [9.17, 15) is 4.79 Å². The van der Waals surface area contributed by atoms with Crippen molar-refractivity contribution in [2.75, 3.05) is 56.5 Å². The fourth-order valence-electron chi connectivity index (χ4n) is 4.75. The average Bonchev–Trinajstić information content (AvgIpc) is 2.77. The highest BCUT2D eigenvalue weighted by atomic mass is 16.1. The maximum absolute atomic E-state index is 11.8. The molecule has 0 aliphatic carbocycles. The highest BCUT2D eigenvalue weighted by molar-refractivity contribution is 5.96. The minimum Gasteiger partial charge on any atom is -0.371 e. The summed E-state index contributed by atoms with van der Waals surface area (Å²) in [4.78, 5) is 28.2. The van der Waals surface area contributed by atoms with Crippen LogP contribution in [0.2, 0.25) is 0 Å². The standard InChI is InChI=1S/C24H35N7O/c1-16-15-19(28-24-22(23(25)32)26-17(2)18(3)27-24)5-6-21(16)31-9-7-20(8-10-31)30-13-11-29(4)12-14-30/h5-6,15,20H,7-14H2,1-4H3,(H2,25,32)(H,27,28). The van der Waals surface area contributed by atoms with Crippen molar-refractivity contribution in [2.45, 2.75) is 39.7 Å². The lowest BCUT2D eigenvalue weighted by Crippen LogP contribution is -2.52. The Balaban J connectivity index is 1.42. The zero-order valence-corrected chi connectivity index (χ0v) is 19.7. The number of anilines is 3. The number of primary amides is 1. The number of likely N-dealkylation sites (N-methyl/N-ethyl adjacent to an activating group) is 1. The topological polar surface area (TPSA) is 90.6 Å². The van der Waals surface area contributed by atoms with Gasteiger partial charge in [-0.2, -0.15) is 0 Å². The first-order valence-corrected chi connectivity index (χ1v) is 11.5. The summed E-state index contributed by atoms with van der Waals surface area (Å²) in [5.74, 6) is -0.180. The minimum absolute atomic E-state index is 0.167. The number of nitrogens with zero attached hydrogens (tertiary/aromatic N) is 5. The number of piperidine rings is 1. The van der Waals surface area contributed by atoms with Gasteiger partial charge in [-0.1, -0.05) is 0 Å². The molecule has 2 aliphatic heterocycles. The van der Waals surface area contributed by atoms with Crippen molar-refractivity contribution in [3.05, 3.63) is 40.8 Å². The number of aryl methyl sites for hydroxylation is 3. The number of carbonyl (C=O) groups excluding carboxylic acids is 1. The summed E-state index contributed by atoms with van der Waals surface area (Å²) in [6, 6.07) is 7.00. The summed E-state index contributed by atoms with van der Waals surface area (Å²) in [6.45, 7) is 12.7. The molecule has 1 aromatic carbocycles. The van der Waals surface area contributed by atoms with Crippen LogP contribution in [0.5, 0.6) is 0 Å². The molecule has 4 rings (SSSR count). The van der Waals surface area contributed by atoms with Crippen LogP contribution in [0.25, 0.3) is 0 Å². The molecule has 32 heavy (non-hydrogen) atoms. The van der Waals surface area contributed by atoms with E-state index in [1.807, 2.05) is 19.9 Å². The summed E-state index contributed by atoms with van der Waals surface area (Å²) in [5.41, 5.74) is 10.5. The van der Waals surface area contributed by atoms with Gasteiger partial charge in [0.1, 0.15) is 0 Å². The molecule has 3 heterocycles. The molecular weight excluding hydrogens is 402 g/mol. The Hall–Kier alpha value is -2.71. The number of benzene rings is 1. The highest BCUT2D eigenvalue weighted by Gasteiger charge is 2.27. The van der Waals surface area contributed by atoms with Gasteiger partial charge in [-0.25, -0.2) is 9.97 Å². The Bertz CT molecular complexity index is 977. The van der Waals surface area contributed by atoms with E-state index in [0.29, 0.717) is 17.6 Å². The molecule has 0 saturated carbocycles. The second kappa shape index (κ2) is 9.42. The van der Waals surface area contributed by atoms with Crippen LogP contribution in [0, 0.1) is 20.8 Å². The molecule has 0 atom stereocenters. The maximum Gasteiger partial charge on any atom is 0.271 e. The van der Waals surface area contributed by atoms with Crippen LogP contribution in [-0.4, -0.2) is 78.0 Å². The SMILES string of the molecule is Cc1cc(Nc2nc(C)c(C)nc2C(N)=O)ccc1N1CCC(N2CCN(C)CC2)CC1. The number of aromatic nitrogens is 2. The van der Waals surface area contributed by atoms with E-state index >= 15 is 0 Å². The Morgan fingerprint density at radius 3 is 2.28 bits per heavy atom. The fraction of sp³-hybridized carbons (Fsp3) is 0.542. The predicted molar refractivity (Wildman–Crippen MR) is 129 cm³/mol. The molecule has 0 bridgehead atoms. The van der Waals surface area contributed by atoms with Gasteiger partial charge in [0.05, 0.1) is 11.4 Å².